The standard InChI is InChI=1S/C21H24ClNO3S/c1-5-26-21-18(22)12-16(13-19(21)25-3)8-11-20(24)23(2)14-15-6-9-17(27-4)10-7-15/h6-13H,5,14H2,1-4H3/b11-8+. The fraction of sp³-hybridized carbons (Fsp3) is 0.286. The Balaban J connectivity index is 2.07. The third kappa shape index (κ3) is 5.94. The summed E-state index contributed by atoms with van der Waals surface area (Å²) in [6.45, 7) is 2.92. The van der Waals surface area contributed by atoms with E-state index in [2.05, 4.69) is 12.1 Å². The van der Waals surface area contributed by atoms with Gasteiger partial charge in [0.1, 0.15) is 0 Å². The molecule has 2 aromatic rings. The molecule has 0 atom stereocenters. The zero-order valence-corrected chi connectivity index (χ0v) is 17.6. The van der Waals surface area contributed by atoms with Crippen LogP contribution < -0.4 is 9.47 Å². The SMILES string of the molecule is CCOc1c(Cl)cc(/C=C/C(=O)N(C)Cc2ccc(SC)cc2)cc1OC. The van der Waals surface area contributed by atoms with E-state index in [9.17, 15) is 4.79 Å². The van der Waals surface area contributed by atoms with Crippen molar-refractivity contribution in [3.63, 3.8) is 0 Å². The van der Waals surface area contributed by atoms with Crippen LogP contribution in [-0.4, -0.2) is 37.8 Å². The molecule has 0 N–H and O–H groups in total. The van der Waals surface area contributed by atoms with Crippen LogP contribution in [0.5, 0.6) is 11.5 Å². The molecule has 0 saturated carbocycles. The Morgan fingerprint density at radius 1 is 1.26 bits per heavy atom. The Morgan fingerprint density at radius 2 is 1.96 bits per heavy atom. The van der Waals surface area contributed by atoms with Crippen LogP contribution in [0.25, 0.3) is 6.08 Å². The molecule has 0 bridgehead atoms. The highest BCUT2D eigenvalue weighted by Crippen LogP contribution is 2.36. The van der Waals surface area contributed by atoms with E-state index in [0.29, 0.717) is 29.7 Å². The van der Waals surface area contributed by atoms with E-state index in [1.165, 1.54) is 11.0 Å². The summed E-state index contributed by atoms with van der Waals surface area (Å²) in [5.74, 6) is 0.961. The molecule has 0 aliphatic heterocycles. The minimum atomic E-state index is -0.0899. The second-order valence-corrected chi connectivity index (χ2v) is 7.13. The molecule has 6 heteroatoms. The van der Waals surface area contributed by atoms with E-state index in [1.807, 2.05) is 25.3 Å². The van der Waals surface area contributed by atoms with Crippen molar-refractivity contribution in [2.45, 2.75) is 18.4 Å². The van der Waals surface area contributed by atoms with Gasteiger partial charge in [0.25, 0.3) is 0 Å². The number of hydrogen-bond acceptors (Lipinski definition) is 4. The van der Waals surface area contributed by atoms with E-state index >= 15 is 0 Å². The topological polar surface area (TPSA) is 38.8 Å². The fourth-order valence-electron chi connectivity index (χ4n) is 2.50. The number of benzene rings is 2. The second-order valence-electron chi connectivity index (χ2n) is 5.84. The summed E-state index contributed by atoms with van der Waals surface area (Å²) >= 11 is 7.96. The minimum Gasteiger partial charge on any atom is -0.493 e. The molecule has 144 valence electrons. The number of likely N-dealkylation sites (N-methyl/N-ethyl adjacent to an activating group) is 1. The molecule has 0 unspecified atom stereocenters. The average Bonchev–Trinajstić information content (AvgIpc) is 2.68. The summed E-state index contributed by atoms with van der Waals surface area (Å²) in [4.78, 5) is 15.3. The maximum absolute atomic E-state index is 12.4. The molecule has 0 aromatic heterocycles. The number of rotatable bonds is 8. The predicted octanol–water partition coefficient (Wildman–Crippen LogP) is 5.14. The highest BCUT2D eigenvalue weighted by Gasteiger charge is 2.11. The molecule has 1 amide bonds. The summed E-state index contributed by atoms with van der Waals surface area (Å²) < 4.78 is 10.8. The second kappa shape index (κ2) is 10.3. The van der Waals surface area contributed by atoms with Gasteiger partial charge in [0.15, 0.2) is 11.5 Å². The first-order chi connectivity index (χ1) is 13.0. The lowest BCUT2D eigenvalue weighted by Crippen LogP contribution is -2.24. The van der Waals surface area contributed by atoms with Crippen LogP contribution >= 0.6 is 23.4 Å². The van der Waals surface area contributed by atoms with Crippen LogP contribution in [0.1, 0.15) is 18.1 Å². The highest BCUT2D eigenvalue weighted by molar-refractivity contribution is 7.98. The third-order valence-corrected chi connectivity index (χ3v) is 4.94. The Kier molecular flexibility index (Phi) is 8.07. The number of ether oxygens (including phenoxy) is 2. The first-order valence-electron chi connectivity index (χ1n) is 8.55. The number of hydrogen-bond donors (Lipinski definition) is 0. The van der Waals surface area contributed by atoms with Crippen molar-refractivity contribution in [2.75, 3.05) is 27.0 Å². The summed E-state index contributed by atoms with van der Waals surface area (Å²) in [5.41, 5.74) is 1.86. The number of amides is 1. The van der Waals surface area contributed by atoms with Gasteiger partial charge in [-0.2, -0.15) is 0 Å². The predicted molar refractivity (Wildman–Crippen MR) is 113 cm³/mol. The van der Waals surface area contributed by atoms with Crippen molar-refractivity contribution < 1.29 is 14.3 Å². The monoisotopic (exact) mass is 405 g/mol. The van der Waals surface area contributed by atoms with Crippen molar-refractivity contribution in [1.82, 2.24) is 4.90 Å². The van der Waals surface area contributed by atoms with Crippen LogP contribution in [-0.2, 0) is 11.3 Å². The molecule has 4 nitrogen and oxygen atoms in total. The molecule has 0 aliphatic rings. The molecule has 0 spiro atoms. The first-order valence-corrected chi connectivity index (χ1v) is 10.1. The molecule has 0 fully saturated rings. The van der Waals surface area contributed by atoms with Gasteiger partial charge in [-0.1, -0.05) is 23.7 Å². The van der Waals surface area contributed by atoms with Gasteiger partial charge in [0.2, 0.25) is 5.91 Å². The molecule has 2 rings (SSSR count). The number of methoxy groups -OCH3 is 1. The number of carbonyl (C=O) groups excluding carboxylic acids is 1. The quantitative estimate of drug-likeness (QED) is 0.450. The zero-order valence-electron chi connectivity index (χ0n) is 16.0. The smallest absolute Gasteiger partial charge is 0.246 e. The van der Waals surface area contributed by atoms with Crippen LogP contribution in [0.4, 0.5) is 0 Å². The first kappa shape index (κ1) is 21.2. The van der Waals surface area contributed by atoms with Crippen molar-refractivity contribution in [2.24, 2.45) is 0 Å². The van der Waals surface area contributed by atoms with Crippen molar-refractivity contribution >= 4 is 35.3 Å². The molecule has 0 radical (unpaired) electrons. The minimum absolute atomic E-state index is 0.0899. The zero-order chi connectivity index (χ0) is 19.8. The van der Waals surface area contributed by atoms with Crippen molar-refractivity contribution in [3.05, 3.63) is 58.6 Å². The van der Waals surface area contributed by atoms with Gasteiger partial charge in [-0.05, 0) is 54.6 Å². The summed E-state index contributed by atoms with van der Waals surface area (Å²) in [6, 6.07) is 11.7. The summed E-state index contributed by atoms with van der Waals surface area (Å²) in [7, 11) is 3.34. The normalized spacial score (nSPS) is 10.9. The van der Waals surface area contributed by atoms with Crippen LogP contribution in [0.15, 0.2) is 47.4 Å². The van der Waals surface area contributed by atoms with E-state index in [-0.39, 0.29) is 5.91 Å². The number of thioether (sulfide) groups is 1. The lowest BCUT2D eigenvalue weighted by Gasteiger charge is -2.15. The van der Waals surface area contributed by atoms with Gasteiger partial charge in [-0.3, -0.25) is 4.79 Å². The molecule has 27 heavy (non-hydrogen) atoms. The van der Waals surface area contributed by atoms with Crippen molar-refractivity contribution in [1.29, 1.82) is 0 Å². The number of nitrogens with zero attached hydrogens (tertiary/aromatic N) is 1. The van der Waals surface area contributed by atoms with Crippen LogP contribution in [0, 0.1) is 0 Å². The van der Waals surface area contributed by atoms with Gasteiger partial charge in [0.05, 0.1) is 18.7 Å². The largest absolute Gasteiger partial charge is 0.493 e. The van der Waals surface area contributed by atoms with Gasteiger partial charge in [-0.15, -0.1) is 11.8 Å². The number of halogens is 1. The van der Waals surface area contributed by atoms with Gasteiger partial charge in [0, 0.05) is 24.6 Å². The maximum Gasteiger partial charge on any atom is 0.246 e. The maximum atomic E-state index is 12.4. The number of carbonyl (C=O) groups is 1. The van der Waals surface area contributed by atoms with Gasteiger partial charge in [-0.25, -0.2) is 0 Å². The average molecular weight is 406 g/mol. The Morgan fingerprint density at radius 3 is 2.56 bits per heavy atom. The molecule has 0 saturated heterocycles. The van der Waals surface area contributed by atoms with E-state index in [4.69, 9.17) is 21.1 Å². The van der Waals surface area contributed by atoms with Crippen LogP contribution in [0.2, 0.25) is 5.02 Å². The van der Waals surface area contributed by atoms with Crippen LogP contribution in [0.3, 0.4) is 0 Å². The highest BCUT2D eigenvalue weighted by atomic mass is 35.5. The van der Waals surface area contributed by atoms with E-state index in [0.717, 1.165) is 11.1 Å². The molecular formula is C21H24ClNO3S. The Labute approximate surface area is 170 Å². The molecular weight excluding hydrogens is 382 g/mol. The summed E-state index contributed by atoms with van der Waals surface area (Å²) in [5, 5.41) is 0.450. The van der Waals surface area contributed by atoms with Gasteiger partial charge >= 0.3 is 0 Å². The van der Waals surface area contributed by atoms with Crippen molar-refractivity contribution in [3.8, 4) is 11.5 Å². The van der Waals surface area contributed by atoms with E-state index in [1.54, 1.807) is 49.0 Å². The Bertz CT molecular complexity index is 806. The van der Waals surface area contributed by atoms with Gasteiger partial charge < -0.3 is 14.4 Å². The molecule has 2 aromatic carbocycles. The molecule has 0 heterocycles. The lowest BCUT2D eigenvalue weighted by molar-refractivity contribution is -0.125. The lowest BCUT2D eigenvalue weighted by atomic mass is 10.1. The third-order valence-electron chi connectivity index (χ3n) is 3.91. The Hall–Kier alpha value is -2.11. The summed E-state index contributed by atoms with van der Waals surface area (Å²) in [6.07, 6.45) is 5.29. The fourth-order valence-corrected chi connectivity index (χ4v) is 3.18. The molecule has 0 aliphatic carbocycles. The van der Waals surface area contributed by atoms with E-state index < -0.39 is 0 Å².